The van der Waals surface area contributed by atoms with Crippen LogP contribution in [0, 0.1) is 5.82 Å². The lowest BCUT2D eigenvalue weighted by Gasteiger charge is -2.16. The lowest BCUT2D eigenvalue weighted by atomic mass is 10.0. The van der Waals surface area contributed by atoms with Crippen LogP contribution in [0.4, 0.5) is 4.39 Å². The van der Waals surface area contributed by atoms with Gasteiger partial charge in [-0.05, 0) is 29.5 Å². The predicted octanol–water partition coefficient (Wildman–Crippen LogP) is 4.66. The zero-order valence-electron chi connectivity index (χ0n) is 18.4. The van der Waals surface area contributed by atoms with Crippen molar-refractivity contribution in [3.63, 3.8) is 0 Å². The van der Waals surface area contributed by atoms with Gasteiger partial charge in [-0.2, -0.15) is 0 Å². The fraction of sp³-hybridized carbons (Fsp3) is 0.269. The van der Waals surface area contributed by atoms with Crippen LogP contribution in [0.1, 0.15) is 0 Å². The van der Waals surface area contributed by atoms with Crippen LogP contribution in [0.2, 0.25) is 0 Å². The van der Waals surface area contributed by atoms with E-state index >= 15 is 0 Å². The molecule has 2 saturated heterocycles. The number of aromatic amines is 1. The molecule has 4 aromatic rings. The molecule has 2 fully saturated rings. The fourth-order valence-corrected chi connectivity index (χ4v) is 4.99. The second kappa shape index (κ2) is 8.70. The summed E-state index contributed by atoms with van der Waals surface area (Å²) in [6.07, 6.45) is 0.369. The maximum Gasteiger partial charge on any atom is 0.193 e. The third kappa shape index (κ3) is 3.86. The molecule has 4 heterocycles. The van der Waals surface area contributed by atoms with E-state index in [-0.39, 0.29) is 30.6 Å². The fourth-order valence-electron chi connectivity index (χ4n) is 4.58. The molecule has 6 rings (SSSR count). The number of fused-ring (bicyclic) bond motifs is 2. The molecule has 0 aliphatic carbocycles. The second-order valence-electron chi connectivity index (χ2n) is 8.51. The molecule has 2 N–H and O–H groups in total. The van der Waals surface area contributed by atoms with Crippen LogP contribution in [-0.4, -0.2) is 59.0 Å². The highest BCUT2D eigenvalue weighted by Gasteiger charge is 2.48. The maximum atomic E-state index is 15.0. The van der Waals surface area contributed by atoms with E-state index in [0.717, 1.165) is 11.1 Å². The number of H-pyrrole nitrogens is 1. The molecule has 174 valence electrons. The molecule has 8 heteroatoms. The van der Waals surface area contributed by atoms with Gasteiger partial charge in [0.05, 0.1) is 24.2 Å². The number of aliphatic hydroxyl groups is 1. The van der Waals surface area contributed by atoms with Crippen molar-refractivity contribution in [2.75, 3.05) is 19.5 Å². The zero-order chi connectivity index (χ0) is 23.2. The molecule has 0 bridgehead atoms. The number of rotatable bonds is 5. The van der Waals surface area contributed by atoms with Gasteiger partial charge in [-0.25, -0.2) is 9.37 Å². The molecule has 0 radical (unpaired) electrons. The average molecular weight is 479 g/mol. The average Bonchev–Trinajstić information content (AvgIpc) is 3.55. The van der Waals surface area contributed by atoms with Crippen molar-refractivity contribution in [3.8, 4) is 28.3 Å². The number of ether oxygens (including phenoxy) is 3. The van der Waals surface area contributed by atoms with Crippen LogP contribution in [0.15, 0.2) is 65.6 Å². The number of nitrogens with zero attached hydrogens (tertiary/aromatic N) is 1. The normalized spacial score (nSPS) is 24.0. The number of aliphatic hydroxyl groups excluding tert-OH is 1. The SMILES string of the molecule is CSc1ccc(-c2ccc(-c3nc4cc(O[C@@H]5COC6[C@H](O)CO[C@@H]65)[nH]c4cc3F)cc2)cc1. The maximum absolute atomic E-state index is 15.0. The number of aromatic nitrogens is 2. The number of hydrogen-bond donors (Lipinski definition) is 2. The van der Waals surface area contributed by atoms with Crippen LogP contribution in [0.5, 0.6) is 5.88 Å². The van der Waals surface area contributed by atoms with E-state index in [1.807, 2.05) is 24.3 Å². The Balaban J connectivity index is 1.24. The van der Waals surface area contributed by atoms with Crippen LogP contribution in [-0.2, 0) is 9.47 Å². The molecule has 2 aliphatic rings. The number of hydrogen-bond acceptors (Lipinski definition) is 6. The summed E-state index contributed by atoms with van der Waals surface area (Å²) >= 11 is 1.71. The molecule has 6 nitrogen and oxygen atoms in total. The summed E-state index contributed by atoms with van der Waals surface area (Å²) in [6.45, 7) is 0.557. The van der Waals surface area contributed by atoms with E-state index in [4.69, 9.17) is 14.2 Å². The molecule has 2 aromatic carbocycles. The number of thioether (sulfide) groups is 1. The van der Waals surface area contributed by atoms with Gasteiger partial charge < -0.3 is 24.3 Å². The summed E-state index contributed by atoms with van der Waals surface area (Å²) in [6, 6.07) is 19.3. The summed E-state index contributed by atoms with van der Waals surface area (Å²) in [5.41, 5.74) is 4.31. The summed E-state index contributed by atoms with van der Waals surface area (Å²) in [5, 5.41) is 9.90. The van der Waals surface area contributed by atoms with Crippen LogP contribution >= 0.6 is 11.8 Å². The quantitative estimate of drug-likeness (QED) is 0.406. The van der Waals surface area contributed by atoms with Crippen molar-refractivity contribution in [2.45, 2.75) is 29.3 Å². The van der Waals surface area contributed by atoms with Crippen molar-refractivity contribution >= 4 is 22.8 Å². The van der Waals surface area contributed by atoms with Gasteiger partial charge in [-0.15, -0.1) is 11.8 Å². The largest absolute Gasteiger partial charge is 0.470 e. The van der Waals surface area contributed by atoms with E-state index in [9.17, 15) is 9.50 Å². The standard InChI is InChI=1S/C26H23FN2O4S/c1-34-17-8-6-15(7-9-17)14-2-4-16(5-3-14)24-18(27)10-19-20(29-24)11-23(28-19)33-22-13-32-25-21(30)12-31-26(22)25/h2-11,21-22,25-26,28,30H,12-13H2,1H3/t21-,22-,25?,26-/m1/s1. The minimum atomic E-state index is -0.638. The first-order chi connectivity index (χ1) is 16.6. The Morgan fingerprint density at radius 1 is 0.971 bits per heavy atom. The Morgan fingerprint density at radius 3 is 2.38 bits per heavy atom. The number of nitrogens with one attached hydrogen (secondary N) is 1. The first-order valence-corrected chi connectivity index (χ1v) is 12.3. The first-order valence-electron chi connectivity index (χ1n) is 11.1. The Morgan fingerprint density at radius 2 is 1.65 bits per heavy atom. The monoisotopic (exact) mass is 478 g/mol. The van der Waals surface area contributed by atoms with Gasteiger partial charge in [0.1, 0.15) is 24.0 Å². The molecule has 4 atom stereocenters. The minimum absolute atomic E-state index is 0.236. The number of benzene rings is 2. The molecular weight excluding hydrogens is 455 g/mol. The third-order valence-electron chi connectivity index (χ3n) is 6.37. The van der Waals surface area contributed by atoms with Crippen molar-refractivity contribution < 1.29 is 23.7 Å². The van der Waals surface area contributed by atoms with E-state index < -0.39 is 11.9 Å². The van der Waals surface area contributed by atoms with Crippen molar-refractivity contribution in [1.29, 1.82) is 0 Å². The first kappa shape index (κ1) is 21.6. The molecule has 0 spiro atoms. The van der Waals surface area contributed by atoms with Crippen molar-refractivity contribution in [2.24, 2.45) is 0 Å². The molecule has 0 saturated carbocycles. The van der Waals surface area contributed by atoms with E-state index in [2.05, 4.69) is 40.5 Å². The van der Waals surface area contributed by atoms with Crippen LogP contribution in [0.3, 0.4) is 0 Å². The van der Waals surface area contributed by atoms with Gasteiger partial charge in [0.25, 0.3) is 0 Å². The van der Waals surface area contributed by atoms with Gasteiger partial charge in [-0.3, -0.25) is 0 Å². The summed E-state index contributed by atoms with van der Waals surface area (Å²) in [5.74, 6) is 0.0480. The number of pyridine rings is 1. The zero-order valence-corrected chi connectivity index (χ0v) is 19.2. The minimum Gasteiger partial charge on any atom is -0.470 e. The summed E-state index contributed by atoms with van der Waals surface area (Å²) in [7, 11) is 0. The van der Waals surface area contributed by atoms with E-state index in [1.165, 1.54) is 11.0 Å². The van der Waals surface area contributed by atoms with Crippen LogP contribution < -0.4 is 4.74 Å². The Hall–Kier alpha value is -2.91. The Kier molecular flexibility index (Phi) is 5.53. The second-order valence-corrected chi connectivity index (χ2v) is 9.39. The molecular formula is C26H23FN2O4S. The lowest BCUT2D eigenvalue weighted by Crippen LogP contribution is -2.34. The molecule has 0 amide bonds. The highest BCUT2D eigenvalue weighted by Crippen LogP contribution is 2.32. The molecule has 34 heavy (non-hydrogen) atoms. The predicted molar refractivity (Wildman–Crippen MR) is 129 cm³/mol. The molecule has 2 aliphatic heterocycles. The summed E-state index contributed by atoms with van der Waals surface area (Å²) < 4.78 is 32.2. The van der Waals surface area contributed by atoms with E-state index in [0.29, 0.717) is 29.1 Å². The third-order valence-corrected chi connectivity index (χ3v) is 7.12. The lowest BCUT2D eigenvalue weighted by molar-refractivity contribution is 0.00794. The van der Waals surface area contributed by atoms with Gasteiger partial charge in [0, 0.05) is 22.6 Å². The number of halogens is 1. The highest BCUT2D eigenvalue weighted by molar-refractivity contribution is 7.98. The smallest absolute Gasteiger partial charge is 0.193 e. The van der Waals surface area contributed by atoms with Crippen molar-refractivity contribution in [3.05, 3.63) is 66.5 Å². The van der Waals surface area contributed by atoms with Gasteiger partial charge in [-0.1, -0.05) is 36.4 Å². The van der Waals surface area contributed by atoms with Gasteiger partial charge in [0.2, 0.25) is 0 Å². The molecule has 2 aromatic heterocycles. The van der Waals surface area contributed by atoms with Gasteiger partial charge in [0.15, 0.2) is 17.8 Å². The summed E-state index contributed by atoms with van der Waals surface area (Å²) in [4.78, 5) is 8.84. The van der Waals surface area contributed by atoms with Crippen molar-refractivity contribution in [1.82, 2.24) is 9.97 Å². The van der Waals surface area contributed by atoms with Gasteiger partial charge >= 0.3 is 0 Å². The Bertz CT molecular complexity index is 1330. The highest BCUT2D eigenvalue weighted by atomic mass is 32.2. The van der Waals surface area contributed by atoms with E-state index in [1.54, 1.807) is 17.8 Å². The Labute approximate surface area is 200 Å². The van der Waals surface area contributed by atoms with Crippen LogP contribution in [0.25, 0.3) is 33.4 Å². The topological polar surface area (TPSA) is 76.6 Å². The molecule has 1 unspecified atom stereocenters.